The maximum absolute atomic E-state index is 11.9. The molecule has 2 aromatic rings. The van der Waals surface area contributed by atoms with E-state index in [4.69, 9.17) is 4.42 Å². The van der Waals surface area contributed by atoms with Crippen molar-refractivity contribution in [3.05, 3.63) is 34.7 Å². The van der Waals surface area contributed by atoms with Crippen LogP contribution in [0.1, 0.15) is 38.6 Å². The Kier molecular flexibility index (Phi) is 3.12. The van der Waals surface area contributed by atoms with Crippen molar-refractivity contribution in [1.82, 2.24) is 19.3 Å². The first-order chi connectivity index (χ1) is 8.11. The van der Waals surface area contributed by atoms with E-state index in [9.17, 15) is 4.79 Å². The molecular formula is C11H16N4O2. The van der Waals surface area contributed by atoms with Gasteiger partial charge < -0.3 is 4.42 Å². The number of nitrogens with zero attached hydrogens (tertiary/aromatic N) is 4. The number of rotatable bonds is 4. The van der Waals surface area contributed by atoms with E-state index in [-0.39, 0.29) is 11.7 Å². The van der Waals surface area contributed by atoms with Crippen LogP contribution in [0.15, 0.2) is 21.6 Å². The van der Waals surface area contributed by atoms with Crippen LogP contribution >= 0.6 is 0 Å². The molecule has 0 saturated heterocycles. The Morgan fingerprint density at radius 3 is 2.53 bits per heavy atom. The third-order valence-corrected chi connectivity index (χ3v) is 2.55. The zero-order chi connectivity index (χ0) is 12.4. The Morgan fingerprint density at radius 2 is 2.00 bits per heavy atom. The highest BCUT2D eigenvalue weighted by atomic mass is 16.4. The van der Waals surface area contributed by atoms with Gasteiger partial charge in [-0.1, -0.05) is 6.92 Å². The fraction of sp³-hybridized carbons (Fsp3) is 0.545. The summed E-state index contributed by atoms with van der Waals surface area (Å²) in [4.78, 5) is 11.9. The minimum atomic E-state index is -0.0590. The SMILES string of the molecule is CCc1nnc(Cn2ccn(C(C)C)c2=O)o1. The number of imidazole rings is 1. The lowest BCUT2D eigenvalue weighted by Gasteiger charge is -2.03. The van der Waals surface area contributed by atoms with Crippen LogP contribution in [0.25, 0.3) is 0 Å². The van der Waals surface area contributed by atoms with Gasteiger partial charge in [-0.2, -0.15) is 0 Å². The Morgan fingerprint density at radius 1 is 1.29 bits per heavy atom. The average molecular weight is 236 g/mol. The summed E-state index contributed by atoms with van der Waals surface area (Å²) < 4.78 is 8.60. The number of aryl methyl sites for hydroxylation is 1. The van der Waals surface area contributed by atoms with Gasteiger partial charge in [0.15, 0.2) is 0 Å². The van der Waals surface area contributed by atoms with Crippen molar-refractivity contribution in [2.75, 3.05) is 0 Å². The molecule has 0 saturated carbocycles. The van der Waals surface area contributed by atoms with Crippen LogP contribution in [-0.2, 0) is 13.0 Å². The molecule has 6 nitrogen and oxygen atoms in total. The molecule has 2 aromatic heterocycles. The van der Waals surface area contributed by atoms with Gasteiger partial charge >= 0.3 is 5.69 Å². The normalized spacial score (nSPS) is 11.3. The molecule has 17 heavy (non-hydrogen) atoms. The highest BCUT2D eigenvalue weighted by Crippen LogP contribution is 2.03. The van der Waals surface area contributed by atoms with Crippen LogP contribution in [-0.4, -0.2) is 19.3 Å². The van der Waals surface area contributed by atoms with Crippen molar-refractivity contribution in [2.24, 2.45) is 0 Å². The molecule has 2 heterocycles. The van der Waals surface area contributed by atoms with Crippen molar-refractivity contribution in [1.29, 1.82) is 0 Å². The van der Waals surface area contributed by atoms with Crippen LogP contribution in [0.2, 0.25) is 0 Å². The van der Waals surface area contributed by atoms with E-state index < -0.39 is 0 Å². The van der Waals surface area contributed by atoms with Crippen LogP contribution in [0.3, 0.4) is 0 Å². The second kappa shape index (κ2) is 4.57. The molecule has 92 valence electrons. The summed E-state index contributed by atoms with van der Waals surface area (Å²) >= 11 is 0. The van der Waals surface area contributed by atoms with Gasteiger partial charge in [0.1, 0.15) is 6.54 Å². The molecule has 0 fully saturated rings. The zero-order valence-electron chi connectivity index (χ0n) is 10.3. The molecule has 0 N–H and O–H groups in total. The lowest BCUT2D eigenvalue weighted by molar-refractivity contribution is 0.437. The monoisotopic (exact) mass is 236 g/mol. The fourth-order valence-electron chi connectivity index (χ4n) is 1.58. The van der Waals surface area contributed by atoms with Gasteiger partial charge in [0.2, 0.25) is 11.8 Å². The lowest BCUT2D eigenvalue weighted by atomic mass is 10.4. The molecule has 0 atom stereocenters. The third kappa shape index (κ3) is 2.30. The first-order valence-electron chi connectivity index (χ1n) is 5.70. The lowest BCUT2D eigenvalue weighted by Crippen LogP contribution is -2.25. The quantitative estimate of drug-likeness (QED) is 0.800. The first kappa shape index (κ1) is 11.6. The van der Waals surface area contributed by atoms with Crippen LogP contribution < -0.4 is 5.69 Å². The molecule has 0 amide bonds. The number of aromatic nitrogens is 4. The van der Waals surface area contributed by atoms with E-state index >= 15 is 0 Å². The minimum Gasteiger partial charge on any atom is -0.423 e. The van der Waals surface area contributed by atoms with E-state index in [0.717, 1.165) is 0 Å². The van der Waals surface area contributed by atoms with E-state index in [0.29, 0.717) is 24.7 Å². The maximum Gasteiger partial charge on any atom is 0.328 e. The zero-order valence-corrected chi connectivity index (χ0v) is 10.3. The molecule has 0 unspecified atom stereocenters. The molecule has 0 aromatic carbocycles. The van der Waals surface area contributed by atoms with Gasteiger partial charge in [-0.15, -0.1) is 10.2 Å². The summed E-state index contributed by atoms with van der Waals surface area (Å²) in [5, 5.41) is 7.76. The van der Waals surface area contributed by atoms with Crippen molar-refractivity contribution in [3.8, 4) is 0 Å². The molecule has 2 rings (SSSR count). The highest BCUT2D eigenvalue weighted by molar-refractivity contribution is 4.89. The van der Waals surface area contributed by atoms with Crippen molar-refractivity contribution in [3.63, 3.8) is 0 Å². The predicted octanol–water partition coefficient (Wildman–Crippen LogP) is 1.22. The van der Waals surface area contributed by atoms with Crippen molar-refractivity contribution < 1.29 is 4.42 Å². The van der Waals surface area contributed by atoms with Crippen LogP contribution in [0.4, 0.5) is 0 Å². The van der Waals surface area contributed by atoms with E-state index in [2.05, 4.69) is 10.2 Å². The van der Waals surface area contributed by atoms with Gasteiger partial charge in [0, 0.05) is 24.9 Å². The van der Waals surface area contributed by atoms with Gasteiger partial charge in [0.25, 0.3) is 0 Å². The largest absolute Gasteiger partial charge is 0.423 e. The fourth-order valence-corrected chi connectivity index (χ4v) is 1.58. The standard InChI is InChI=1S/C11H16N4O2/c1-4-9-12-13-10(17-9)7-14-5-6-15(8(2)3)11(14)16/h5-6,8H,4,7H2,1-3H3. The summed E-state index contributed by atoms with van der Waals surface area (Å²) in [7, 11) is 0. The van der Waals surface area contributed by atoms with E-state index in [1.807, 2.05) is 20.8 Å². The Balaban J connectivity index is 2.22. The van der Waals surface area contributed by atoms with Crippen LogP contribution in [0.5, 0.6) is 0 Å². The molecule has 0 radical (unpaired) electrons. The van der Waals surface area contributed by atoms with Gasteiger partial charge in [-0.3, -0.25) is 9.13 Å². The summed E-state index contributed by atoms with van der Waals surface area (Å²) in [5.41, 5.74) is -0.0590. The molecular weight excluding hydrogens is 220 g/mol. The summed E-state index contributed by atoms with van der Waals surface area (Å²) in [6, 6.07) is 0.151. The molecule has 0 bridgehead atoms. The van der Waals surface area contributed by atoms with E-state index in [1.54, 1.807) is 21.5 Å². The molecule has 0 spiro atoms. The maximum atomic E-state index is 11.9. The topological polar surface area (TPSA) is 65.8 Å². The van der Waals surface area contributed by atoms with Gasteiger partial charge in [0.05, 0.1) is 0 Å². The number of hydrogen-bond donors (Lipinski definition) is 0. The van der Waals surface area contributed by atoms with Gasteiger partial charge in [-0.25, -0.2) is 4.79 Å². The summed E-state index contributed by atoms with van der Waals surface area (Å²) in [6.07, 6.45) is 4.21. The molecule has 0 aliphatic carbocycles. The Labute approximate surface area is 98.9 Å². The molecule has 0 aliphatic heterocycles. The Bertz CT molecular complexity index is 550. The number of hydrogen-bond acceptors (Lipinski definition) is 4. The molecule has 0 aliphatic rings. The van der Waals surface area contributed by atoms with Crippen LogP contribution in [0, 0.1) is 0 Å². The second-order valence-corrected chi connectivity index (χ2v) is 4.15. The third-order valence-electron chi connectivity index (χ3n) is 2.55. The second-order valence-electron chi connectivity index (χ2n) is 4.15. The summed E-state index contributed by atoms with van der Waals surface area (Å²) in [6.45, 7) is 6.20. The minimum absolute atomic E-state index is 0.0590. The van der Waals surface area contributed by atoms with Crippen molar-refractivity contribution >= 4 is 0 Å². The average Bonchev–Trinajstić information content (AvgIpc) is 2.87. The Hall–Kier alpha value is -1.85. The summed E-state index contributed by atoms with van der Waals surface area (Å²) in [5.74, 6) is 1.06. The van der Waals surface area contributed by atoms with E-state index in [1.165, 1.54) is 0 Å². The highest BCUT2D eigenvalue weighted by Gasteiger charge is 2.10. The molecule has 6 heteroatoms. The predicted molar refractivity (Wildman–Crippen MR) is 61.9 cm³/mol. The smallest absolute Gasteiger partial charge is 0.328 e. The van der Waals surface area contributed by atoms with Crippen molar-refractivity contribution in [2.45, 2.75) is 39.8 Å². The first-order valence-corrected chi connectivity index (χ1v) is 5.70. The van der Waals surface area contributed by atoms with Gasteiger partial charge in [-0.05, 0) is 13.8 Å².